The number of allylic oxidation sites excluding steroid dienone is 4. The zero-order chi connectivity index (χ0) is 28.5. The van der Waals surface area contributed by atoms with Crippen LogP contribution in [0.4, 0.5) is 0 Å². The van der Waals surface area contributed by atoms with Crippen molar-refractivity contribution in [3.05, 3.63) is 22.0 Å². The number of aliphatic hydroxyl groups is 1. The van der Waals surface area contributed by atoms with Crippen LogP contribution < -0.4 is 0 Å². The molecule has 0 saturated heterocycles. The molecule has 2 unspecified atom stereocenters. The quantitative estimate of drug-likeness (QED) is 0.121. The van der Waals surface area contributed by atoms with Crippen molar-refractivity contribution in [2.24, 2.45) is 10.8 Å². The van der Waals surface area contributed by atoms with Gasteiger partial charge >= 0.3 is 5.97 Å². The second-order valence-electron chi connectivity index (χ2n) is 12.1. The van der Waals surface area contributed by atoms with E-state index in [4.69, 9.17) is 0 Å². The molecule has 0 bridgehead atoms. The highest BCUT2D eigenvalue weighted by atomic mass is 32.2. The van der Waals surface area contributed by atoms with Gasteiger partial charge in [-0.2, -0.15) is 21.5 Å². The standard InChI is InChI=1S/C29H46O7S2/c1-28(2,20-30)14-7-5-10-23-16-21(31)18-25(37(23)35)12-9-13-26-19-22(32)17-24(38(26)36)11-6-8-15-29(3,4)27(33)34/h16,19,30,37-38H,5-15,17-18,20H2,1-4H3,(H-2,33,34,35,36). The van der Waals surface area contributed by atoms with E-state index in [1.165, 1.54) is 12.2 Å². The summed E-state index contributed by atoms with van der Waals surface area (Å²) < 4.78 is 26.2. The number of ketones is 2. The molecule has 216 valence electrons. The molecular formula is C29H46O7S2. The molecule has 2 atom stereocenters. The maximum Gasteiger partial charge on any atom is 0.309 e. The molecule has 2 aliphatic rings. The number of thiol groups is 2. The minimum atomic E-state index is -1.77. The molecule has 0 amide bonds. The zero-order valence-electron chi connectivity index (χ0n) is 23.4. The Morgan fingerprint density at radius 1 is 0.789 bits per heavy atom. The molecule has 0 radical (unpaired) electrons. The highest BCUT2D eigenvalue weighted by molar-refractivity contribution is 7.95. The molecule has 0 aromatic carbocycles. The number of carboxylic acids is 1. The van der Waals surface area contributed by atoms with Crippen LogP contribution in [0.25, 0.3) is 0 Å². The van der Waals surface area contributed by atoms with Crippen molar-refractivity contribution in [1.82, 2.24) is 0 Å². The van der Waals surface area contributed by atoms with Crippen LogP contribution in [0.1, 0.15) is 111 Å². The number of aliphatic carboxylic acids is 1. The fourth-order valence-electron chi connectivity index (χ4n) is 4.74. The highest BCUT2D eigenvalue weighted by Crippen LogP contribution is 2.27. The summed E-state index contributed by atoms with van der Waals surface area (Å²) in [7, 11) is -3.49. The number of unbranched alkanes of at least 4 members (excludes halogenated alkanes) is 2. The van der Waals surface area contributed by atoms with Crippen LogP contribution in [0.2, 0.25) is 0 Å². The predicted molar refractivity (Wildman–Crippen MR) is 158 cm³/mol. The molecule has 2 N–H and O–H groups in total. The Hall–Kier alpha value is -1.39. The summed E-state index contributed by atoms with van der Waals surface area (Å²) in [5.74, 6) is -0.921. The van der Waals surface area contributed by atoms with E-state index in [1.807, 2.05) is 13.8 Å². The molecule has 2 heterocycles. The van der Waals surface area contributed by atoms with Gasteiger partial charge in [0.2, 0.25) is 0 Å². The van der Waals surface area contributed by atoms with Crippen molar-refractivity contribution in [2.75, 3.05) is 6.61 Å². The van der Waals surface area contributed by atoms with Crippen molar-refractivity contribution in [3.8, 4) is 0 Å². The molecule has 0 aromatic rings. The van der Waals surface area contributed by atoms with Crippen LogP contribution in [0, 0.1) is 10.8 Å². The molecule has 9 heteroatoms. The lowest BCUT2D eigenvalue weighted by atomic mass is 9.87. The summed E-state index contributed by atoms with van der Waals surface area (Å²) in [6.45, 7) is 7.53. The van der Waals surface area contributed by atoms with E-state index in [0.717, 1.165) is 29.0 Å². The number of hydrogen-bond acceptors (Lipinski definition) is 6. The van der Waals surface area contributed by atoms with Gasteiger partial charge in [-0.3, -0.25) is 14.4 Å². The minimum absolute atomic E-state index is 0.0277. The number of carbonyl (C=O) groups is 3. The van der Waals surface area contributed by atoms with E-state index in [0.29, 0.717) is 61.2 Å². The highest BCUT2D eigenvalue weighted by Gasteiger charge is 2.27. The number of hydrogen-bond donors (Lipinski definition) is 2. The van der Waals surface area contributed by atoms with Gasteiger partial charge in [0.1, 0.15) is 0 Å². The van der Waals surface area contributed by atoms with Gasteiger partial charge in [-0.1, -0.05) is 26.7 Å². The lowest BCUT2D eigenvalue weighted by Gasteiger charge is -2.23. The Balaban J connectivity index is 1.91. The first kappa shape index (κ1) is 32.8. The SMILES string of the molecule is CC(C)(CO)CCCCC1=CC(=O)CC(CCCC2=CC(=O)CC(CCCCC(C)(C)C(=O)O)=[SH+]2[O-])=[SH+]1[O-]. The molecule has 0 spiro atoms. The molecule has 2 rings (SSSR count). The van der Waals surface area contributed by atoms with E-state index in [-0.39, 0.29) is 36.4 Å². The Morgan fingerprint density at radius 3 is 1.74 bits per heavy atom. The molecular weight excluding hydrogens is 524 g/mol. The number of rotatable bonds is 16. The van der Waals surface area contributed by atoms with Gasteiger partial charge in [0.05, 0.1) is 37.8 Å². The van der Waals surface area contributed by atoms with Crippen molar-refractivity contribution in [2.45, 2.75) is 111 Å². The fraction of sp³-hybridized carbons (Fsp3) is 0.690. The minimum Gasteiger partial charge on any atom is -0.646 e. The Morgan fingerprint density at radius 2 is 1.24 bits per heavy atom. The molecule has 0 fully saturated rings. The Kier molecular flexibility index (Phi) is 12.8. The second kappa shape index (κ2) is 14.8. The van der Waals surface area contributed by atoms with E-state index in [1.54, 1.807) is 13.8 Å². The summed E-state index contributed by atoms with van der Waals surface area (Å²) in [5, 5.41) is 18.7. The molecule has 0 saturated carbocycles. The third-order valence-corrected chi connectivity index (χ3v) is 11.1. The van der Waals surface area contributed by atoms with Gasteiger partial charge in [-0.15, -0.1) is 0 Å². The molecule has 0 aliphatic carbocycles. The van der Waals surface area contributed by atoms with Crippen LogP contribution >= 0.6 is 0 Å². The Labute approximate surface area is 232 Å². The van der Waals surface area contributed by atoms with Crippen molar-refractivity contribution in [3.63, 3.8) is 0 Å². The summed E-state index contributed by atoms with van der Waals surface area (Å²) in [5.41, 5.74) is -0.938. The Bertz CT molecular complexity index is 1030. The first-order chi connectivity index (χ1) is 17.8. The lowest BCUT2D eigenvalue weighted by Crippen LogP contribution is -2.24. The van der Waals surface area contributed by atoms with E-state index < -0.39 is 32.9 Å². The molecule has 2 aliphatic heterocycles. The third kappa shape index (κ3) is 10.3. The van der Waals surface area contributed by atoms with Gasteiger partial charge in [0, 0.05) is 44.4 Å². The summed E-state index contributed by atoms with van der Waals surface area (Å²) in [6.07, 6.45) is 10.6. The van der Waals surface area contributed by atoms with E-state index in [9.17, 15) is 33.7 Å². The predicted octanol–water partition coefficient (Wildman–Crippen LogP) is 4.43. The molecule has 0 aromatic heterocycles. The van der Waals surface area contributed by atoms with Gasteiger partial charge in [0.25, 0.3) is 0 Å². The van der Waals surface area contributed by atoms with Gasteiger partial charge in [-0.05, 0) is 51.4 Å². The first-order valence-corrected chi connectivity index (χ1v) is 16.2. The first-order valence-electron chi connectivity index (χ1n) is 13.7. The van der Waals surface area contributed by atoms with Crippen molar-refractivity contribution < 1.29 is 33.7 Å². The maximum atomic E-state index is 13.1. The molecule has 7 nitrogen and oxygen atoms in total. The van der Waals surface area contributed by atoms with E-state index in [2.05, 4.69) is 0 Å². The lowest BCUT2D eigenvalue weighted by molar-refractivity contribution is -0.147. The summed E-state index contributed by atoms with van der Waals surface area (Å²) in [6, 6.07) is 0. The fourth-order valence-corrected chi connectivity index (χ4v) is 8.11. The smallest absolute Gasteiger partial charge is 0.309 e. The summed E-state index contributed by atoms with van der Waals surface area (Å²) in [4.78, 5) is 38.7. The van der Waals surface area contributed by atoms with Gasteiger partial charge in [0.15, 0.2) is 11.6 Å². The second-order valence-corrected chi connectivity index (χ2v) is 15.6. The van der Waals surface area contributed by atoms with Crippen molar-refractivity contribution in [1.29, 1.82) is 0 Å². The number of carboxylic acid groups (broad SMARTS) is 1. The normalized spacial score (nSPS) is 21.0. The molecule has 38 heavy (non-hydrogen) atoms. The largest absolute Gasteiger partial charge is 0.646 e. The third-order valence-electron chi connectivity index (χ3n) is 7.47. The zero-order valence-corrected chi connectivity index (χ0v) is 25.2. The summed E-state index contributed by atoms with van der Waals surface area (Å²) >= 11 is 0. The van der Waals surface area contributed by atoms with Crippen LogP contribution in [-0.2, 0) is 35.9 Å². The van der Waals surface area contributed by atoms with Crippen LogP contribution in [0.3, 0.4) is 0 Å². The van der Waals surface area contributed by atoms with Gasteiger partial charge in [-0.25, -0.2) is 0 Å². The number of carbonyl (C=O) groups excluding carboxylic acids is 2. The average Bonchev–Trinajstić information content (AvgIpc) is 2.84. The van der Waals surface area contributed by atoms with E-state index >= 15 is 0 Å². The monoisotopic (exact) mass is 570 g/mol. The maximum absolute atomic E-state index is 13.1. The number of aliphatic hydroxyl groups excluding tert-OH is 1. The van der Waals surface area contributed by atoms with Crippen LogP contribution in [-0.4, -0.2) is 53.2 Å². The topological polar surface area (TPSA) is 138 Å². The van der Waals surface area contributed by atoms with Crippen LogP contribution in [0.5, 0.6) is 0 Å². The van der Waals surface area contributed by atoms with Gasteiger partial charge < -0.3 is 19.3 Å². The van der Waals surface area contributed by atoms with Crippen molar-refractivity contribution >= 4 is 48.8 Å². The van der Waals surface area contributed by atoms with Crippen LogP contribution in [0.15, 0.2) is 22.0 Å². The average molecular weight is 571 g/mol.